The SMILES string of the molecule is CCC(C)C12CC1N2. The Morgan fingerprint density at radius 3 is 2.50 bits per heavy atom. The van der Waals surface area contributed by atoms with Crippen molar-refractivity contribution < 1.29 is 0 Å². The van der Waals surface area contributed by atoms with E-state index < -0.39 is 0 Å². The summed E-state index contributed by atoms with van der Waals surface area (Å²) >= 11 is 0. The average Bonchev–Trinajstić information content (AvgIpc) is 2.45. The van der Waals surface area contributed by atoms with Crippen molar-refractivity contribution in [3.8, 4) is 0 Å². The minimum atomic E-state index is 0.675. The molecule has 0 radical (unpaired) electrons. The van der Waals surface area contributed by atoms with Gasteiger partial charge in [-0.25, -0.2) is 0 Å². The van der Waals surface area contributed by atoms with Crippen molar-refractivity contribution in [3.05, 3.63) is 0 Å². The molecular weight excluding hydrogens is 98.1 g/mol. The van der Waals surface area contributed by atoms with Crippen LogP contribution >= 0.6 is 0 Å². The van der Waals surface area contributed by atoms with Gasteiger partial charge in [-0.15, -0.1) is 0 Å². The molecule has 2 fully saturated rings. The first-order valence-corrected chi connectivity index (χ1v) is 3.57. The quantitative estimate of drug-likeness (QED) is 0.530. The first kappa shape index (κ1) is 4.80. The Morgan fingerprint density at radius 1 is 1.88 bits per heavy atom. The van der Waals surface area contributed by atoms with Crippen LogP contribution < -0.4 is 5.32 Å². The molecule has 1 aliphatic carbocycles. The first-order chi connectivity index (χ1) is 3.79. The van der Waals surface area contributed by atoms with Gasteiger partial charge in [0.1, 0.15) is 0 Å². The molecule has 46 valence electrons. The molecule has 0 spiro atoms. The standard InChI is InChI=1S/C7H13N/c1-3-5(2)7-4-6(7)8-7/h5-6,8H,3-4H2,1-2H3. The highest BCUT2D eigenvalue weighted by Gasteiger charge is 2.71. The van der Waals surface area contributed by atoms with Gasteiger partial charge in [0, 0.05) is 11.6 Å². The molecule has 1 heteroatoms. The van der Waals surface area contributed by atoms with Gasteiger partial charge in [-0.3, -0.25) is 0 Å². The number of rotatable bonds is 2. The highest BCUT2D eigenvalue weighted by molar-refractivity contribution is 5.33. The van der Waals surface area contributed by atoms with Crippen molar-refractivity contribution in [3.63, 3.8) is 0 Å². The van der Waals surface area contributed by atoms with Crippen LogP contribution in [-0.2, 0) is 0 Å². The predicted molar refractivity (Wildman–Crippen MR) is 33.7 cm³/mol. The summed E-state index contributed by atoms with van der Waals surface area (Å²) in [5, 5.41) is 3.46. The first-order valence-electron chi connectivity index (χ1n) is 3.57. The van der Waals surface area contributed by atoms with E-state index >= 15 is 0 Å². The molecule has 0 aromatic rings. The van der Waals surface area contributed by atoms with Gasteiger partial charge in [0.15, 0.2) is 0 Å². The molecular formula is C7H13N. The van der Waals surface area contributed by atoms with E-state index in [9.17, 15) is 0 Å². The maximum absolute atomic E-state index is 3.46. The largest absolute Gasteiger partial charge is 0.305 e. The third kappa shape index (κ3) is 0.368. The fourth-order valence-corrected chi connectivity index (χ4v) is 1.59. The molecule has 1 saturated carbocycles. The van der Waals surface area contributed by atoms with Crippen molar-refractivity contribution in [1.29, 1.82) is 0 Å². The number of hydrogen-bond donors (Lipinski definition) is 1. The molecule has 0 amide bonds. The Morgan fingerprint density at radius 2 is 2.38 bits per heavy atom. The molecule has 0 bridgehead atoms. The zero-order chi connectivity index (χ0) is 5.78. The lowest BCUT2D eigenvalue weighted by atomic mass is 10.0. The summed E-state index contributed by atoms with van der Waals surface area (Å²) < 4.78 is 0. The summed E-state index contributed by atoms with van der Waals surface area (Å²) in [5.41, 5.74) is 0.675. The summed E-state index contributed by atoms with van der Waals surface area (Å²) in [6, 6.07) is 0.942. The topological polar surface area (TPSA) is 21.9 Å². The minimum absolute atomic E-state index is 0.675. The third-order valence-corrected chi connectivity index (χ3v) is 2.85. The fraction of sp³-hybridized carbons (Fsp3) is 1.00. The highest BCUT2D eigenvalue weighted by atomic mass is 15.3. The van der Waals surface area contributed by atoms with E-state index in [-0.39, 0.29) is 0 Å². The highest BCUT2D eigenvalue weighted by Crippen LogP contribution is 2.57. The molecule has 8 heavy (non-hydrogen) atoms. The van der Waals surface area contributed by atoms with Crippen molar-refractivity contribution >= 4 is 0 Å². The van der Waals surface area contributed by atoms with E-state index in [2.05, 4.69) is 19.2 Å². The van der Waals surface area contributed by atoms with Crippen LogP contribution in [0.5, 0.6) is 0 Å². The van der Waals surface area contributed by atoms with E-state index in [0.29, 0.717) is 5.54 Å². The van der Waals surface area contributed by atoms with Crippen LogP contribution in [0, 0.1) is 5.92 Å². The van der Waals surface area contributed by atoms with Gasteiger partial charge in [-0.1, -0.05) is 20.3 Å². The zero-order valence-electron chi connectivity index (χ0n) is 5.57. The van der Waals surface area contributed by atoms with Gasteiger partial charge in [0.25, 0.3) is 0 Å². The van der Waals surface area contributed by atoms with Gasteiger partial charge < -0.3 is 5.32 Å². The average molecular weight is 111 g/mol. The second kappa shape index (κ2) is 1.10. The molecule has 0 aromatic carbocycles. The molecule has 1 saturated heterocycles. The van der Waals surface area contributed by atoms with Crippen LogP contribution in [0.4, 0.5) is 0 Å². The normalized spacial score (nSPS) is 52.5. The molecule has 3 unspecified atom stereocenters. The van der Waals surface area contributed by atoms with Gasteiger partial charge in [-0.2, -0.15) is 0 Å². The van der Waals surface area contributed by atoms with Crippen molar-refractivity contribution in [2.45, 2.75) is 38.3 Å². The Balaban J connectivity index is 1.97. The molecule has 1 nitrogen and oxygen atoms in total. The van der Waals surface area contributed by atoms with E-state index in [0.717, 1.165) is 12.0 Å². The number of hydrogen-bond acceptors (Lipinski definition) is 1. The lowest BCUT2D eigenvalue weighted by molar-refractivity contribution is 0.462. The Bertz CT molecular complexity index is 114. The van der Waals surface area contributed by atoms with E-state index in [1.54, 1.807) is 0 Å². The molecule has 3 atom stereocenters. The van der Waals surface area contributed by atoms with E-state index in [1.807, 2.05) is 0 Å². The smallest absolute Gasteiger partial charge is 0.0380 e. The zero-order valence-corrected chi connectivity index (χ0v) is 5.57. The Hall–Kier alpha value is -0.0400. The maximum Gasteiger partial charge on any atom is 0.0380 e. The number of nitrogens with one attached hydrogen (secondary N) is 1. The van der Waals surface area contributed by atoms with Gasteiger partial charge >= 0.3 is 0 Å². The van der Waals surface area contributed by atoms with Crippen LogP contribution in [0.15, 0.2) is 0 Å². The summed E-state index contributed by atoms with van der Waals surface area (Å²) in [4.78, 5) is 0. The molecule has 2 rings (SSSR count). The summed E-state index contributed by atoms with van der Waals surface area (Å²) in [7, 11) is 0. The second-order valence-corrected chi connectivity index (χ2v) is 3.25. The second-order valence-electron chi connectivity index (χ2n) is 3.25. The maximum atomic E-state index is 3.46. The van der Waals surface area contributed by atoms with Crippen molar-refractivity contribution in [2.75, 3.05) is 0 Å². The lowest BCUT2D eigenvalue weighted by Crippen LogP contribution is -2.17. The monoisotopic (exact) mass is 111 g/mol. The summed E-state index contributed by atoms with van der Waals surface area (Å²) in [6.45, 7) is 4.62. The Kier molecular flexibility index (Phi) is 0.663. The molecule has 0 aromatic heterocycles. The molecule has 1 N–H and O–H groups in total. The minimum Gasteiger partial charge on any atom is -0.305 e. The van der Waals surface area contributed by atoms with Crippen LogP contribution in [0.25, 0.3) is 0 Å². The van der Waals surface area contributed by atoms with Crippen LogP contribution in [0.2, 0.25) is 0 Å². The molecule has 1 aliphatic heterocycles. The van der Waals surface area contributed by atoms with Crippen LogP contribution in [0.3, 0.4) is 0 Å². The Labute approximate surface area is 50.5 Å². The lowest BCUT2D eigenvalue weighted by Gasteiger charge is -2.09. The van der Waals surface area contributed by atoms with Crippen LogP contribution in [0.1, 0.15) is 26.7 Å². The third-order valence-electron chi connectivity index (χ3n) is 2.85. The summed E-state index contributed by atoms with van der Waals surface area (Å²) in [6.07, 6.45) is 2.80. The van der Waals surface area contributed by atoms with Gasteiger partial charge in [0.2, 0.25) is 0 Å². The number of fused-ring (bicyclic) bond motifs is 1. The predicted octanol–water partition coefficient (Wildman–Crippen LogP) is 1.15. The fourth-order valence-electron chi connectivity index (χ4n) is 1.59. The van der Waals surface area contributed by atoms with Crippen molar-refractivity contribution in [2.24, 2.45) is 5.92 Å². The van der Waals surface area contributed by atoms with E-state index in [1.165, 1.54) is 12.8 Å². The van der Waals surface area contributed by atoms with Gasteiger partial charge in [0.05, 0.1) is 0 Å². The van der Waals surface area contributed by atoms with Gasteiger partial charge in [-0.05, 0) is 12.3 Å². The van der Waals surface area contributed by atoms with Crippen molar-refractivity contribution in [1.82, 2.24) is 5.32 Å². The van der Waals surface area contributed by atoms with Crippen LogP contribution in [-0.4, -0.2) is 11.6 Å². The molecule has 2 aliphatic rings. The molecule has 1 heterocycles. The summed E-state index contributed by atoms with van der Waals surface area (Å²) in [5.74, 6) is 0.924. The van der Waals surface area contributed by atoms with E-state index in [4.69, 9.17) is 0 Å².